The Bertz CT molecular complexity index is 762. The molecule has 7 nitrogen and oxygen atoms in total. The monoisotopic (exact) mass is 345 g/mol. The summed E-state index contributed by atoms with van der Waals surface area (Å²) in [4.78, 5) is 22.2. The second-order valence-electron chi connectivity index (χ2n) is 4.89. The molecule has 2 rings (SSSR count). The molecule has 0 spiro atoms. The number of aliphatic hydroxyl groups is 1. The fourth-order valence-electron chi connectivity index (χ4n) is 1.98. The number of rotatable bonds is 5. The highest BCUT2D eigenvalue weighted by Crippen LogP contribution is 2.13. The third-order valence-corrected chi connectivity index (χ3v) is 3.36. The van der Waals surface area contributed by atoms with Gasteiger partial charge in [-0.05, 0) is 42.4 Å². The van der Waals surface area contributed by atoms with Crippen LogP contribution >= 0.6 is 12.2 Å². The standard InChI is InChI=1S/C16H15N3O4S/c20-9-8-11-4-6-13(7-5-11)17-16(24)18-15(21)12-2-1-3-14(10-12)19(22)23/h1-7,10,20H,8-9H2,(H2,17,18,21,24). The van der Waals surface area contributed by atoms with E-state index in [-0.39, 0.29) is 23.0 Å². The largest absolute Gasteiger partial charge is 0.396 e. The van der Waals surface area contributed by atoms with Gasteiger partial charge >= 0.3 is 0 Å². The highest BCUT2D eigenvalue weighted by Gasteiger charge is 2.12. The molecule has 24 heavy (non-hydrogen) atoms. The van der Waals surface area contributed by atoms with Crippen LogP contribution in [-0.4, -0.2) is 27.7 Å². The SMILES string of the molecule is O=C(NC(=S)Nc1ccc(CCO)cc1)c1cccc([N+](=O)[O-])c1. The molecule has 0 aromatic heterocycles. The number of nitrogens with one attached hydrogen (secondary N) is 2. The zero-order valence-corrected chi connectivity index (χ0v) is 13.4. The molecule has 0 aliphatic carbocycles. The van der Waals surface area contributed by atoms with E-state index in [2.05, 4.69) is 10.6 Å². The van der Waals surface area contributed by atoms with E-state index in [1.54, 1.807) is 12.1 Å². The van der Waals surface area contributed by atoms with E-state index in [1.165, 1.54) is 24.3 Å². The lowest BCUT2D eigenvalue weighted by Crippen LogP contribution is -2.34. The van der Waals surface area contributed by atoms with Crippen molar-refractivity contribution in [3.8, 4) is 0 Å². The number of carbonyl (C=O) groups excluding carboxylic acids is 1. The average molecular weight is 345 g/mol. The van der Waals surface area contributed by atoms with Gasteiger partial charge in [-0.1, -0.05) is 18.2 Å². The third-order valence-electron chi connectivity index (χ3n) is 3.16. The number of anilines is 1. The van der Waals surface area contributed by atoms with Gasteiger partial charge < -0.3 is 10.4 Å². The van der Waals surface area contributed by atoms with Crippen molar-refractivity contribution >= 4 is 34.6 Å². The number of carbonyl (C=O) groups is 1. The number of amides is 1. The topological polar surface area (TPSA) is 104 Å². The Morgan fingerprint density at radius 3 is 2.54 bits per heavy atom. The van der Waals surface area contributed by atoms with Crippen molar-refractivity contribution in [1.82, 2.24) is 5.32 Å². The molecule has 8 heteroatoms. The summed E-state index contributed by atoms with van der Waals surface area (Å²) < 4.78 is 0. The number of nitro benzene ring substituents is 1. The zero-order chi connectivity index (χ0) is 17.5. The van der Waals surface area contributed by atoms with Crippen LogP contribution in [0.3, 0.4) is 0 Å². The van der Waals surface area contributed by atoms with E-state index in [0.717, 1.165) is 5.56 Å². The second-order valence-corrected chi connectivity index (χ2v) is 5.29. The van der Waals surface area contributed by atoms with Gasteiger partial charge in [-0.3, -0.25) is 20.2 Å². The smallest absolute Gasteiger partial charge is 0.270 e. The number of aliphatic hydroxyl groups excluding tert-OH is 1. The lowest BCUT2D eigenvalue weighted by atomic mass is 10.1. The summed E-state index contributed by atoms with van der Waals surface area (Å²) in [5.74, 6) is -0.534. The van der Waals surface area contributed by atoms with E-state index in [1.807, 2.05) is 12.1 Å². The molecule has 0 saturated heterocycles. The molecule has 0 atom stereocenters. The maximum absolute atomic E-state index is 12.1. The van der Waals surface area contributed by atoms with Gasteiger partial charge in [0.05, 0.1) is 4.92 Å². The fraction of sp³-hybridized carbons (Fsp3) is 0.125. The Balaban J connectivity index is 1.97. The Morgan fingerprint density at radius 2 is 1.92 bits per heavy atom. The minimum absolute atomic E-state index is 0.0739. The van der Waals surface area contributed by atoms with Gasteiger partial charge in [-0.2, -0.15) is 0 Å². The summed E-state index contributed by atoms with van der Waals surface area (Å²) in [7, 11) is 0. The van der Waals surface area contributed by atoms with Crippen LogP contribution in [0.25, 0.3) is 0 Å². The maximum Gasteiger partial charge on any atom is 0.270 e. The minimum atomic E-state index is -0.568. The summed E-state index contributed by atoms with van der Waals surface area (Å²) >= 11 is 5.06. The number of nitro groups is 1. The highest BCUT2D eigenvalue weighted by atomic mass is 32.1. The lowest BCUT2D eigenvalue weighted by Gasteiger charge is -2.10. The van der Waals surface area contributed by atoms with Crippen LogP contribution in [0.1, 0.15) is 15.9 Å². The first-order valence-corrected chi connectivity index (χ1v) is 7.47. The number of hydrogen-bond donors (Lipinski definition) is 3. The van der Waals surface area contributed by atoms with Crippen LogP contribution in [-0.2, 0) is 6.42 Å². The molecule has 124 valence electrons. The van der Waals surface area contributed by atoms with Crippen LogP contribution in [0.4, 0.5) is 11.4 Å². The molecule has 0 aliphatic heterocycles. The predicted octanol–water partition coefficient (Wildman–Crippen LogP) is 2.26. The van der Waals surface area contributed by atoms with E-state index in [0.29, 0.717) is 12.1 Å². The first-order chi connectivity index (χ1) is 11.5. The van der Waals surface area contributed by atoms with Gasteiger partial charge in [0.2, 0.25) is 0 Å². The van der Waals surface area contributed by atoms with Crippen molar-refractivity contribution in [3.63, 3.8) is 0 Å². The van der Waals surface area contributed by atoms with Gasteiger partial charge in [-0.25, -0.2) is 0 Å². The first kappa shape index (κ1) is 17.5. The van der Waals surface area contributed by atoms with Crippen molar-refractivity contribution < 1.29 is 14.8 Å². The van der Waals surface area contributed by atoms with Crippen LogP contribution in [0.15, 0.2) is 48.5 Å². The Morgan fingerprint density at radius 1 is 1.21 bits per heavy atom. The fourth-order valence-corrected chi connectivity index (χ4v) is 2.19. The molecule has 0 saturated carbocycles. The van der Waals surface area contributed by atoms with Crippen LogP contribution in [0, 0.1) is 10.1 Å². The maximum atomic E-state index is 12.1. The lowest BCUT2D eigenvalue weighted by molar-refractivity contribution is -0.384. The number of benzene rings is 2. The highest BCUT2D eigenvalue weighted by molar-refractivity contribution is 7.80. The molecule has 0 unspecified atom stereocenters. The minimum Gasteiger partial charge on any atom is -0.396 e. The normalized spacial score (nSPS) is 10.0. The quantitative estimate of drug-likeness (QED) is 0.436. The molecule has 2 aromatic rings. The molecular weight excluding hydrogens is 330 g/mol. The van der Waals surface area contributed by atoms with E-state index in [4.69, 9.17) is 17.3 Å². The van der Waals surface area contributed by atoms with E-state index < -0.39 is 10.8 Å². The second kappa shape index (κ2) is 8.14. The molecule has 1 amide bonds. The number of thiocarbonyl (C=S) groups is 1. The summed E-state index contributed by atoms with van der Waals surface area (Å²) in [5.41, 5.74) is 1.64. The van der Waals surface area contributed by atoms with Crippen molar-refractivity contribution in [2.75, 3.05) is 11.9 Å². The average Bonchev–Trinajstić information content (AvgIpc) is 2.57. The van der Waals surface area contributed by atoms with Crippen LogP contribution in [0.5, 0.6) is 0 Å². The van der Waals surface area contributed by atoms with Gasteiger partial charge in [-0.15, -0.1) is 0 Å². The molecule has 0 bridgehead atoms. The Hall–Kier alpha value is -2.84. The summed E-state index contributed by atoms with van der Waals surface area (Å²) in [6.45, 7) is 0.0739. The number of non-ortho nitro benzene ring substituents is 1. The Labute approximate surface area is 143 Å². The van der Waals surface area contributed by atoms with Gasteiger partial charge in [0.15, 0.2) is 5.11 Å². The first-order valence-electron chi connectivity index (χ1n) is 7.06. The molecular formula is C16H15N3O4S. The summed E-state index contributed by atoms with van der Waals surface area (Å²) in [6, 6.07) is 12.6. The van der Waals surface area contributed by atoms with E-state index in [9.17, 15) is 14.9 Å². The molecule has 0 aliphatic rings. The third kappa shape index (κ3) is 4.83. The zero-order valence-electron chi connectivity index (χ0n) is 12.6. The van der Waals surface area contributed by atoms with Gasteiger partial charge in [0, 0.05) is 30.0 Å². The number of hydrogen-bond acceptors (Lipinski definition) is 5. The number of nitrogens with zero attached hydrogens (tertiary/aromatic N) is 1. The van der Waals surface area contributed by atoms with Crippen LogP contribution < -0.4 is 10.6 Å². The Kier molecular flexibility index (Phi) is 5.94. The summed E-state index contributed by atoms with van der Waals surface area (Å²) in [6.07, 6.45) is 0.564. The van der Waals surface area contributed by atoms with Crippen molar-refractivity contribution in [3.05, 3.63) is 69.8 Å². The van der Waals surface area contributed by atoms with Crippen molar-refractivity contribution in [2.45, 2.75) is 6.42 Å². The van der Waals surface area contributed by atoms with Gasteiger partial charge in [0.25, 0.3) is 11.6 Å². The molecule has 2 aromatic carbocycles. The molecule has 0 fully saturated rings. The summed E-state index contributed by atoms with van der Waals surface area (Å²) in [5, 5.41) is 25.0. The predicted molar refractivity (Wildman–Crippen MR) is 94.0 cm³/mol. The van der Waals surface area contributed by atoms with Crippen LogP contribution in [0.2, 0.25) is 0 Å². The van der Waals surface area contributed by atoms with Crippen molar-refractivity contribution in [1.29, 1.82) is 0 Å². The molecule has 0 heterocycles. The van der Waals surface area contributed by atoms with Gasteiger partial charge in [0.1, 0.15) is 0 Å². The van der Waals surface area contributed by atoms with Crippen molar-refractivity contribution in [2.24, 2.45) is 0 Å². The molecule has 3 N–H and O–H groups in total. The molecule has 0 radical (unpaired) electrons. The van der Waals surface area contributed by atoms with E-state index >= 15 is 0 Å².